The molecule has 2 aromatic rings. The zero-order valence-corrected chi connectivity index (χ0v) is 20.6. The summed E-state index contributed by atoms with van der Waals surface area (Å²) in [6, 6.07) is 9.65. The average Bonchev–Trinajstić information content (AvgIpc) is 2.78. The molecule has 0 aliphatic carbocycles. The van der Waals surface area contributed by atoms with Gasteiger partial charge in [-0.1, -0.05) is 35.9 Å². The first kappa shape index (κ1) is 30.8. The summed E-state index contributed by atoms with van der Waals surface area (Å²) in [5.41, 5.74) is 0.936. The number of halogens is 8. The fourth-order valence-electron chi connectivity index (χ4n) is 3.42. The van der Waals surface area contributed by atoms with Gasteiger partial charge in [0.1, 0.15) is 0 Å². The molecule has 0 amide bonds. The number of carbonyl (C=O) groups is 1. The zero-order valence-electron chi connectivity index (χ0n) is 19.0. The predicted molar refractivity (Wildman–Crippen MR) is 121 cm³/mol. The molecule has 0 saturated carbocycles. The maximum Gasteiger partial charge on any atom is 0.459 e. The highest BCUT2D eigenvalue weighted by atomic mass is 35.5. The quantitative estimate of drug-likeness (QED) is 0.257. The molecule has 1 unspecified atom stereocenters. The summed E-state index contributed by atoms with van der Waals surface area (Å²) >= 11 is 5.75. The first-order valence-electron chi connectivity index (χ1n) is 10.9. The molecule has 1 atom stereocenters. The molecule has 0 aliphatic heterocycles. The average molecular weight is 578 g/mol. The van der Waals surface area contributed by atoms with Crippen molar-refractivity contribution in [2.24, 2.45) is 0 Å². The summed E-state index contributed by atoms with van der Waals surface area (Å²) in [6.07, 6.45) is -9.06. The van der Waals surface area contributed by atoms with E-state index in [-0.39, 0.29) is 21.9 Å². The third-order valence-corrected chi connectivity index (χ3v) is 7.20. The highest BCUT2D eigenvalue weighted by Crippen LogP contribution is 2.48. The van der Waals surface area contributed by atoms with Gasteiger partial charge in [0.2, 0.25) is 10.0 Å². The van der Waals surface area contributed by atoms with Gasteiger partial charge in [0, 0.05) is 23.9 Å². The molecule has 37 heavy (non-hydrogen) atoms. The van der Waals surface area contributed by atoms with Crippen LogP contribution in [-0.2, 0) is 21.2 Å². The van der Waals surface area contributed by atoms with Crippen molar-refractivity contribution in [2.45, 2.75) is 67.5 Å². The summed E-state index contributed by atoms with van der Waals surface area (Å²) in [7, 11) is -4.27. The first-order valence-corrected chi connectivity index (χ1v) is 12.7. The Balaban J connectivity index is 2.24. The molecule has 14 heteroatoms. The van der Waals surface area contributed by atoms with Gasteiger partial charge in [-0.25, -0.2) is 13.1 Å². The van der Waals surface area contributed by atoms with Gasteiger partial charge < -0.3 is 5.11 Å². The van der Waals surface area contributed by atoms with Gasteiger partial charge in [-0.15, -0.1) is 0 Å². The number of nitrogens with one attached hydrogen (secondary N) is 1. The Morgan fingerprint density at radius 1 is 0.919 bits per heavy atom. The van der Waals surface area contributed by atoms with E-state index in [1.54, 1.807) is 12.1 Å². The molecule has 0 saturated heterocycles. The van der Waals surface area contributed by atoms with E-state index in [0.29, 0.717) is 18.4 Å². The number of benzene rings is 2. The van der Waals surface area contributed by atoms with Crippen LogP contribution < -0.4 is 4.72 Å². The normalized spacial score (nSPS) is 13.9. The van der Waals surface area contributed by atoms with E-state index in [1.165, 1.54) is 36.4 Å². The minimum atomic E-state index is -6.46. The summed E-state index contributed by atoms with van der Waals surface area (Å²) < 4.78 is 119. The predicted octanol–water partition coefficient (Wildman–Crippen LogP) is 6.77. The van der Waals surface area contributed by atoms with E-state index in [9.17, 15) is 43.9 Å². The second-order valence-electron chi connectivity index (χ2n) is 8.29. The fourth-order valence-corrected chi connectivity index (χ4v) is 4.80. The lowest BCUT2D eigenvalue weighted by Crippen LogP contribution is -2.51. The van der Waals surface area contributed by atoms with Crippen LogP contribution in [0.15, 0.2) is 53.4 Å². The third kappa shape index (κ3) is 8.30. The highest BCUT2D eigenvalue weighted by Gasteiger charge is 2.72. The van der Waals surface area contributed by atoms with Crippen molar-refractivity contribution in [3.05, 3.63) is 64.7 Å². The molecule has 206 valence electrons. The Kier molecular flexibility index (Phi) is 10.00. The van der Waals surface area contributed by atoms with Crippen LogP contribution >= 0.6 is 11.6 Å². The Morgan fingerprint density at radius 3 is 2.00 bits per heavy atom. The van der Waals surface area contributed by atoms with Gasteiger partial charge in [-0.3, -0.25) is 4.79 Å². The minimum Gasteiger partial charge on any atom is -0.481 e. The van der Waals surface area contributed by atoms with E-state index in [0.717, 1.165) is 0 Å². The van der Waals surface area contributed by atoms with Crippen molar-refractivity contribution in [3.63, 3.8) is 0 Å². The minimum absolute atomic E-state index is 0.0813. The summed E-state index contributed by atoms with van der Waals surface area (Å²) in [4.78, 5) is 10.4. The molecule has 2 N–H and O–H groups in total. The molecule has 2 aromatic carbocycles. The molecule has 0 aromatic heterocycles. The van der Waals surface area contributed by atoms with Gasteiger partial charge in [0.05, 0.1) is 4.90 Å². The van der Waals surface area contributed by atoms with E-state index < -0.39 is 59.3 Å². The van der Waals surface area contributed by atoms with Crippen LogP contribution in [0, 0.1) is 0 Å². The summed E-state index contributed by atoms with van der Waals surface area (Å²) in [6.45, 7) is 0. The number of aliphatic carboxylic acids is 1. The van der Waals surface area contributed by atoms with E-state index in [2.05, 4.69) is 4.72 Å². The first-order chi connectivity index (χ1) is 17.0. The smallest absolute Gasteiger partial charge is 0.459 e. The Hall–Kier alpha value is -2.38. The van der Waals surface area contributed by atoms with Gasteiger partial charge in [0.25, 0.3) is 0 Å². The topological polar surface area (TPSA) is 83.5 Å². The molecular weight excluding hydrogens is 555 g/mol. The maximum absolute atomic E-state index is 13.8. The molecule has 0 spiro atoms. The van der Waals surface area contributed by atoms with Crippen molar-refractivity contribution in [1.82, 2.24) is 4.72 Å². The molecule has 5 nitrogen and oxygen atoms in total. The summed E-state index contributed by atoms with van der Waals surface area (Å²) in [5, 5.41) is 8.96. The monoisotopic (exact) mass is 577 g/mol. The number of alkyl halides is 7. The second kappa shape index (κ2) is 12.0. The molecule has 0 radical (unpaired) electrons. The van der Waals surface area contributed by atoms with E-state index >= 15 is 0 Å². The standard InChI is InChI=1S/C23H23ClF7NO4S/c24-17-10-12-18(13-11-17)37(35,36)32-19(4-2-14-21(25,26)22(27,28)23(29,30)31)16-8-6-15(7-9-16)3-1-5-20(33)34/h6-13,19,32H,1-5,14H2,(H,33,34). The Morgan fingerprint density at radius 2 is 1.49 bits per heavy atom. The van der Waals surface area contributed by atoms with Crippen molar-refractivity contribution in [2.75, 3.05) is 0 Å². The van der Waals surface area contributed by atoms with Gasteiger partial charge >= 0.3 is 24.0 Å². The van der Waals surface area contributed by atoms with Crippen LogP contribution in [0.1, 0.15) is 49.3 Å². The van der Waals surface area contributed by atoms with Crippen molar-refractivity contribution in [1.29, 1.82) is 0 Å². The van der Waals surface area contributed by atoms with Crippen LogP contribution in [0.3, 0.4) is 0 Å². The van der Waals surface area contributed by atoms with Crippen LogP contribution in [0.2, 0.25) is 5.02 Å². The lowest BCUT2D eigenvalue weighted by Gasteiger charge is -2.28. The van der Waals surface area contributed by atoms with Crippen molar-refractivity contribution >= 4 is 27.6 Å². The third-order valence-electron chi connectivity index (χ3n) is 5.46. The number of hydrogen-bond donors (Lipinski definition) is 2. The Labute approximate surface area is 213 Å². The summed E-state index contributed by atoms with van der Waals surface area (Å²) in [5.74, 6) is -12.6. The van der Waals surface area contributed by atoms with Gasteiger partial charge in [0.15, 0.2) is 0 Å². The number of hydrogen-bond acceptors (Lipinski definition) is 3. The molecule has 0 fully saturated rings. The van der Waals surface area contributed by atoms with Crippen LogP contribution in [0.25, 0.3) is 0 Å². The van der Waals surface area contributed by atoms with Crippen LogP contribution in [0.5, 0.6) is 0 Å². The number of carboxylic acids is 1. The molecule has 0 bridgehead atoms. The zero-order chi connectivity index (χ0) is 28.1. The molecule has 0 aliphatic rings. The number of sulfonamides is 1. The van der Waals surface area contributed by atoms with Crippen molar-refractivity contribution in [3.8, 4) is 0 Å². The largest absolute Gasteiger partial charge is 0.481 e. The van der Waals surface area contributed by atoms with Crippen molar-refractivity contribution < 1.29 is 49.1 Å². The molecular formula is C23H23ClF7NO4S. The van der Waals surface area contributed by atoms with Gasteiger partial charge in [-0.2, -0.15) is 30.7 Å². The number of aryl methyl sites for hydroxylation is 1. The highest BCUT2D eigenvalue weighted by molar-refractivity contribution is 7.89. The van der Waals surface area contributed by atoms with Crippen LogP contribution in [-0.4, -0.2) is 37.5 Å². The SMILES string of the molecule is O=C(O)CCCc1ccc(C(CCCC(F)(F)C(F)(F)C(F)(F)F)NS(=O)(=O)c2ccc(Cl)cc2)cc1. The number of rotatable bonds is 13. The lowest BCUT2D eigenvalue weighted by molar-refractivity contribution is -0.355. The lowest BCUT2D eigenvalue weighted by atomic mass is 9.97. The number of carboxylic acid groups (broad SMARTS) is 1. The second-order valence-corrected chi connectivity index (χ2v) is 10.4. The van der Waals surface area contributed by atoms with E-state index in [1.807, 2.05) is 0 Å². The van der Waals surface area contributed by atoms with Gasteiger partial charge in [-0.05, 0) is 61.1 Å². The maximum atomic E-state index is 13.8. The Bertz CT molecular complexity index is 1160. The van der Waals surface area contributed by atoms with E-state index in [4.69, 9.17) is 16.7 Å². The molecule has 2 rings (SSSR count). The molecule has 0 heterocycles. The van der Waals surface area contributed by atoms with Crippen LogP contribution in [0.4, 0.5) is 30.7 Å². The fraction of sp³-hybridized carbons (Fsp3) is 0.435.